The van der Waals surface area contributed by atoms with Gasteiger partial charge in [0, 0.05) is 48.8 Å². The number of halogens is 4. The van der Waals surface area contributed by atoms with Gasteiger partial charge in [0.25, 0.3) is 0 Å². The Kier molecular flexibility index (Phi) is 11.9. The van der Waals surface area contributed by atoms with E-state index >= 15 is 0 Å². The molecule has 1 aliphatic carbocycles. The molecule has 1 aliphatic heterocycles. The summed E-state index contributed by atoms with van der Waals surface area (Å²) in [7, 11) is 4.07. The van der Waals surface area contributed by atoms with Crippen LogP contribution in [0.2, 0.25) is 5.02 Å². The van der Waals surface area contributed by atoms with Crippen LogP contribution in [0.4, 0.5) is 19.0 Å². The number of rotatable bonds is 14. The van der Waals surface area contributed by atoms with Crippen LogP contribution >= 0.6 is 11.6 Å². The maximum Gasteiger partial charge on any atom is 0.437 e. The third-order valence-electron chi connectivity index (χ3n) is 9.59. The van der Waals surface area contributed by atoms with Crippen molar-refractivity contribution in [3.8, 4) is 34.1 Å². The smallest absolute Gasteiger partial charge is 0.437 e. The van der Waals surface area contributed by atoms with Crippen LogP contribution in [0.25, 0.3) is 22.4 Å². The largest absolute Gasteiger partial charge is 0.481 e. The Morgan fingerprint density at radius 1 is 0.944 bits per heavy atom. The van der Waals surface area contributed by atoms with E-state index in [2.05, 4.69) is 36.0 Å². The molecule has 3 atom stereocenters. The number of pyridine rings is 1. The average Bonchev–Trinajstić information content (AvgIpc) is 3.78. The van der Waals surface area contributed by atoms with Crippen LogP contribution in [0.15, 0.2) is 48.5 Å². The monoisotopic (exact) mass is 767 g/mol. The first kappa shape index (κ1) is 38.7. The van der Waals surface area contributed by atoms with Crippen molar-refractivity contribution in [1.29, 1.82) is 0 Å². The highest BCUT2D eigenvalue weighted by Crippen LogP contribution is 2.44. The van der Waals surface area contributed by atoms with Crippen molar-refractivity contribution in [1.82, 2.24) is 30.9 Å². The van der Waals surface area contributed by atoms with Gasteiger partial charge in [0.1, 0.15) is 11.7 Å². The van der Waals surface area contributed by atoms with Crippen molar-refractivity contribution >= 4 is 29.3 Å². The summed E-state index contributed by atoms with van der Waals surface area (Å²) >= 11 is 7.11. The average molecular weight is 768 g/mol. The molecule has 12 nitrogen and oxygen atoms in total. The standard InChI is InChI=1S/C38H41ClF3N7O5/c1-20(37(51)54-4)44-19-30-36(53-3)49-34(33(46-30)38(40,41)42)47-28-15-13-24-23(7-5-8-25(24)28)26-9-6-10-27(32(26)39)29-14-11-21(35(48-29)52-2)17-43-18-22-12-16-31(50)45-22/h5-11,14,20,22,28,43-44H,12-13,15-19H2,1-4H3,(H,45,50)(H,47,49)/t20-,22-,28-/m0/s1. The molecule has 2 aromatic carbocycles. The Morgan fingerprint density at radius 2 is 1.69 bits per heavy atom. The number of nitrogens with zero attached hydrogens (tertiary/aromatic N) is 3. The highest BCUT2D eigenvalue weighted by molar-refractivity contribution is 6.36. The van der Waals surface area contributed by atoms with Crippen LogP contribution in [0.1, 0.15) is 60.3 Å². The third-order valence-corrected chi connectivity index (χ3v) is 10.0. The molecule has 16 heteroatoms. The number of alkyl halides is 3. The Hall–Kier alpha value is -4.99. The second kappa shape index (κ2) is 16.6. The number of methoxy groups -OCH3 is 3. The predicted octanol–water partition coefficient (Wildman–Crippen LogP) is 6.01. The van der Waals surface area contributed by atoms with Gasteiger partial charge >= 0.3 is 12.1 Å². The summed E-state index contributed by atoms with van der Waals surface area (Å²) in [5.41, 5.74) is 4.24. The first-order valence-electron chi connectivity index (χ1n) is 17.5. The second-order valence-electron chi connectivity index (χ2n) is 13.1. The van der Waals surface area contributed by atoms with Crippen molar-refractivity contribution in [2.75, 3.05) is 33.2 Å². The first-order valence-corrected chi connectivity index (χ1v) is 17.8. The number of benzene rings is 2. The van der Waals surface area contributed by atoms with Gasteiger partial charge in [-0.1, -0.05) is 54.1 Å². The number of amides is 1. The maximum absolute atomic E-state index is 14.4. The lowest BCUT2D eigenvalue weighted by molar-refractivity contribution is -0.143. The zero-order valence-electron chi connectivity index (χ0n) is 30.2. The van der Waals surface area contributed by atoms with Gasteiger partial charge in [-0.15, -0.1) is 0 Å². The molecule has 4 aromatic rings. The number of carbonyl (C=O) groups excluding carboxylic acids is 2. The Bertz CT molecular complexity index is 2030. The Balaban J connectivity index is 1.24. The second-order valence-corrected chi connectivity index (χ2v) is 13.5. The quantitative estimate of drug-likeness (QED) is 0.112. The minimum Gasteiger partial charge on any atom is -0.481 e. The van der Waals surface area contributed by atoms with Gasteiger partial charge in [-0.3, -0.25) is 14.9 Å². The van der Waals surface area contributed by atoms with E-state index in [1.165, 1.54) is 21.1 Å². The molecule has 2 aliphatic rings. The molecule has 0 radical (unpaired) electrons. The normalized spacial score (nSPS) is 17.1. The van der Waals surface area contributed by atoms with Gasteiger partial charge in [-0.2, -0.15) is 18.2 Å². The molecule has 286 valence electrons. The molecule has 3 heterocycles. The Labute approximate surface area is 315 Å². The number of hydrogen-bond donors (Lipinski definition) is 4. The number of hydrogen-bond acceptors (Lipinski definition) is 11. The van der Waals surface area contributed by atoms with Crippen LogP contribution in [0.5, 0.6) is 11.8 Å². The number of anilines is 1. The van der Waals surface area contributed by atoms with E-state index in [9.17, 15) is 22.8 Å². The molecule has 54 heavy (non-hydrogen) atoms. The SMILES string of the molecule is COC(=O)[C@H](C)NCc1nc(C(F)(F)F)c(N[C@H]2CCc3c(-c4cccc(-c5ccc(CNC[C@@H]6CCC(=O)N6)c(OC)n5)c4Cl)cccc32)nc1OC. The number of esters is 1. The van der Waals surface area contributed by atoms with E-state index in [1.54, 1.807) is 7.11 Å². The molecule has 1 fully saturated rings. The third kappa shape index (κ3) is 8.37. The van der Waals surface area contributed by atoms with Crippen LogP contribution in [0.3, 0.4) is 0 Å². The fourth-order valence-electron chi connectivity index (χ4n) is 6.84. The molecule has 1 amide bonds. The fourth-order valence-corrected chi connectivity index (χ4v) is 7.17. The molecular weight excluding hydrogens is 727 g/mol. The fraction of sp³-hybridized carbons (Fsp3) is 0.395. The molecular formula is C38H41ClF3N7O5. The number of fused-ring (bicyclic) bond motifs is 1. The topological polar surface area (TPSA) is 149 Å². The lowest BCUT2D eigenvalue weighted by Gasteiger charge is -2.21. The number of ether oxygens (including phenoxy) is 3. The summed E-state index contributed by atoms with van der Waals surface area (Å²) in [5.74, 6) is -0.635. The van der Waals surface area contributed by atoms with Crippen LogP contribution in [-0.4, -0.2) is 66.8 Å². The van der Waals surface area contributed by atoms with E-state index in [1.807, 2.05) is 48.5 Å². The van der Waals surface area contributed by atoms with Gasteiger partial charge in [-0.05, 0) is 48.9 Å². The van der Waals surface area contributed by atoms with Gasteiger partial charge < -0.3 is 30.2 Å². The van der Waals surface area contributed by atoms with Gasteiger partial charge in [0.05, 0.1) is 38.1 Å². The summed E-state index contributed by atoms with van der Waals surface area (Å²) < 4.78 is 58.8. The number of carbonyl (C=O) groups is 2. The Morgan fingerprint density at radius 3 is 2.39 bits per heavy atom. The molecule has 0 unspecified atom stereocenters. The van der Waals surface area contributed by atoms with Crippen molar-refractivity contribution in [2.24, 2.45) is 0 Å². The summed E-state index contributed by atoms with van der Waals surface area (Å²) in [4.78, 5) is 36.2. The maximum atomic E-state index is 14.4. The molecule has 0 saturated carbocycles. The summed E-state index contributed by atoms with van der Waals surface area (Å²) in [6, 6.07) is 14.0. The summed E-state index contributed by atoms with van der Waals surface area (Å²) in [6.07, 6.45) is -2.43. The van der Waals surface area contributed by atoms with Crippen LogP contribution < -0.4 is 30.7 Å². The van der Waals surface area contributed by atoms with Crippen LogP contribution in [0, 0.1) is 0 Å². The van der Waals surface area contributed by atoms with Crippen molar-refractivity contribution in [3.63, 3.8) is 0 Å². The molecule has 6 rings (SSSR count). The molecule has 1 saturated heterocycles. The van der Waals surface area contributed by atoms with Gasteiger partial charge in [0.2, 0.25) is 17.7 Å². The van der Waals surface area contributed by atoms with Crippen molar-refractivity contribution in [2.45, 2.75) is 70.0 Å². The minimum atomic E-state index is -4.83. The molecule has 2 aromatic heterocycles. The lowest BCUT2D eigenvalue weighted by atomic mass is 9.94. The van der Waals surface area contributed by atoms with E-state index in [4.69, 9.17) is 26.1 Å². The van der Waals surface area contributed by atoms with E-state index in [0.29, 0.717) is 54.5 Å². The molecule has 0 spiro atoms. The van der Waals surface area contributed by atoms with E-state index in [0.717, 1.165) is 34.2 Å². The molecule has 0 bridgehead atoms. The lowest BCUT2D eigenvalue weighted by Crippen LogP contribution is -2.35. The first-order chi connectivity index (χ1) is 25.9. The van der Waals surface area contributed by atoms with E-state index < -0.39 is 35.7 Å². The minimum absolute atomic E-state index is 0.0672. The van der Waals surface area contributed by atoms with Crippen LogP contribution in [-0.2, 0) is 40.0 Å². The summed E-state index contributed by atoms with van der Waals surface area (Å²) in [5, 5.41) is 12.6. The van der Waals surface area contributed by atoms with Crippen molar-refractivity contribution < 1.29 is 37.0 Å². The predicted molar refractivity (Wildman–Crippen MR) is 196 cm³/mol. The van der Waals surface area contributed by atoms with E-state index in [-0.39, 0.29) is 30.1 Å². The van der Waals surface area contributed by atoms with Crippen molar-refractivity contribution in [3.05, 3.63) is 81.6 Å². The van der Waals surface area contributed by atoms with Gasteiger partial charge in [0.15, 0.2) is 11.5 Å². The number of aromatic nitrogens is 3. The zero-order chi connectivity index (χ0) is 38.6. The number of nitrogens with one attached hydrogen (secondary N) is 4. The highest BCUT2D eigenvalue weighted by Gasteiger charge is 2.39. The molecule has 4 N–H and O–H groups in total. The highest BCUT2D eigenvalue weighted by atomic mass is 35.5. The zero-order valence-corrected chi connectivity index (χ0v) is 31.0. The van der Waals surface area contributed by atoms with Gasteiger partial charge in [-0.25, -0.2) is 9.97 Å². The summed E-state index contributed by atoms with van der Waals surface area (Å²) in [6.45, 7) is 2.45.